The number of aromatic amines is 1. The second-order valence-corrected chi connectivity index (χ2v) is 3.39. The molecule has 1 heterocycles. The van der Waals surface area contributed by atoms with Gasteiger partial charge in [0, 0.05) is 11.8 Å². The van der Waals surface area contributed by atoms with Crippen LogP contribution in [0.1, 0.15) is 34.7 Å². The van der Waals surface area contributed by atoms with Crippen molar-refractivity contribution in [1.29, 1.82) is 0 Å². The first-order valence-corrected chi connectivity index (χ1v) is 4.65. The summed E-state index contributed by atoms with van der Waals surface area (Å²) < 4.78 is 0. The second kappa shape index (κ2) is 4.61. The van der Waals surface area contributed by atoms with Gasteiger partial charge in [0.05, 0.1) is 0 Å². The molecule has 6 nitrogen and oxygen atoms in total. The molecule has 0 aliphatic carbocycles. The Hall–Kier alpha value is -2.11. The van der Waals surface area contributed by atoms with Gasteiger partial charge in [0.15, 0.2) is 5.78 Å². The van der Waals surface area contributed by atoms with Gasteiger partial charge in [-0.2, -0.15) is 0 Å². The van der Waals surface area contributed by atoms with Crippen molar-refractivity contribution in [3.05, 3.63) is 23.5 Å². The fraction of sp³-hybridized carbons (Fsp3) is 0.300. The minimum absolute atomic E-state index is 0.165. The number of carbonyl (C=O) groups is 3. The van der Waals surface area contributed by atoms with Crippen molar-refractivity contribution in [2.45, 2.75) is 19.9 Å². The summed E-state index contributed by atoms with van der Waals surface area (Å²) in [5.74, 6) is -1.84. The number of hydrogen-bond acceptors (Lipinski definition) is 3. The van der Waals surface area contributed by atoms with E-state index in [4.69, 9.17) is 5.11 Å². The van der Waals surface area contributed by atoms with Crippen molar-refractivity contribution in [1.82, 2.24) is 10.3 Å². The maximum absolute atomic E-state index is 11.5. The van der Waals surface area contributed by atoms with Gasteiger partial charge in [-0.15, -0.1) is 0 Å². The first-order valence-electron chi connectivity index (χ1n) is 4.65. The van der Waals surface area contributed by atoms with Gasteiger partial charge in [-0.1, -0.05) is 0 Å². The molecule has 0 aliphatic heterocycles. The quantitative estimate of drug-likeness (QED) is 0.645. The van der Waals surface area contributed by atoms with Gasteiger partial charge in [-0.25, -0.2) is 0 Å². The predicted octanol–water partition coefficient (Wildman–Crippen LogP) is 0.420. The molecule has 0 aliphatic rings. The van der Waals surface area contributed by atoms with E-state index in [1.807, 2.05) is 0 Å². The number of rotatable bonds is 4. The number of ketones is 1. The molecule has 0 aromatic carbocycles. The minimum Gasteiger partial charge on any atom is -0.480 e. The molecule has 0 bridgehead atoms. The Bertz CT molecular complexity index is 436. The van der Waals surface area contributed by atoms with Gasteiger partial charge in [-0.05, 0) is 19.9 Å². The van der Waals surface area contributed by atoms with Crippen LogP contribution in [0.5, 0.6) is 0 Å². The summed E-state index contributed by atoms with van der Waals surface area (Å²) in [6.45, 7) is 2.74. The number of carbonyl (C=O) groups excluding carboxylic acids is 2. The molecule has 1 rings (SSSR count). The van der Waals surface area contributed by atoms with Crippen LogP contribution in [0, 0.1) is 0 Å². The molecule has 1 aromatic heterocycles. The van der Waals surface area contributed by atoms with Crippen molar-refractivity contribution >= 4 is 17.7 Å². The largest absolute Gasteiger partial charge is 0.480 e. The first kappa shape index (κ1) is 12.0. The molecule has 0 fully saturated rings. The number of nitrogens with one attached hydrogen (secondary N) is 2. The summed E-state index contributed by atoms with van der Waals surface area (Å²) in [6.07, 6.45) is 1.41. The van der Waals surface area contributed by atoms with E-state index in [-0.39, 0.29) is 11.5 Å². The summed E-state index contributed by atoms with van der Waals surface area (Å²) in [5, 5.41) is 10.9. The van der Waals surface area contributed by atoms with Gasteiger partial charge in [0.25, 0.3) is 5.91 Å². The van der Waals surface area contributed by atoms with Crippen molar-refractivity contribution in [3.8, 4) is 0 Å². The van der Waals surface area contributed by atoms with Crippen LogP contribution < -0.4 is 5.32 Å². The highest BCUT2D eigenvalue weighted by Gasteiger charge is 2.16. The molecule has 0 saturated heterocycles. The number of aliphatic carboxylic acids is 1. The third-order valence-corrected chi connectivity index (χ3v) is 2.05. The Morgan fingerprint density at radius 3 is 2.50 bits per heavy atom. The normalized spacial score (nSPS) is 11.9. The van der Waals surface area contributed by atoms with Crippen molar-refractivity contribution < 1.29 is 19.5 Å². The lowest BCUT2D eigenvalue weighted by Gasteiger charge is -2.07. The fourth-order valence-electron chi connectivity index (χ4n) is 1.06. The van der Waals surface area contributed by atoms with Crippen LogP contribution >= 0.6 is 0 Å². The zero-order valence-corrected chi connectivity index (χ0v) is 8.90. The topological polar surface area (TPSA) is 99.3 Å². The van der Waals surface area contributed by atoms with E-state index in [0.717, 1.165) is 0 Å². The molecule has 1 aromatic rings. The van der Waals surface area contributed by atoms with Crippen molar-refractivity contribution in [2.75, 3.05) is 0 Å². The van der Waals surface area contributed by atoms with E-state index in [9.17, 15) is 14.4 Å². The number of carboxylic acid groups (broad SMARTS) is 1. The Labute approximate surface area is 91.7 Å². The van der Waals surface area contributed by atoms with E-state index in [1.165, 1.54) is 26.1 Å². The first-order chi connectivity index (χ1) is 7.41. The van der Waals surface area contributed by atoms with E-state index in [0.29, 0.717) is 5.56 Å². The summed E-state index contributed by atoms with van der Waals surface area (Å²) >= 11 is 0. The van der Waals surface area contributed by atoms with Crippen LogP contribution in [0.25, 0.3) is 0 Å². The van der Waals surface area contributed by atoms with Crippen molar-refractivity contribution in [2.24, 2.45) is 0 Å². The number of aromatic nitrogens is 1. The minimum atomic E-state index is -1.12. The zero-order valence-electron chi connectivity index (χ0n) is 8.90. The van der Waals surface area contributed by atoms with Gasteiger partial charge in [0.2, 0.25) is 0 Å². The van der Waals surface area contributed by atoms with E-state index in [2.05, 4.69) is 10.3 Å². The highest BCUT2D eigenvalue weighted by atomic mass is 16.4. The van der Waals surface area contributed by atoms with E-state index < -0.39 is 17.9 Å². The molecular formula is C10H12N2O4. The monoisotopic (exact) mass is 224 g/mol. The lowest BCUT2D eigenvalue weighted by atomic mass is 10.2. The Balaban J connectivity index is 2.73. The average molecular weight is 224 g/mol. The Morgan fingerprint density at radius 2 is 2.06 bits per heavy atom. The Kier molecular flexibility index (Phi) is 3.44. The van der Waals surface area contributed by atoms with E-state index >= 15 is 0 Å². The molecule has 6 heteroatoms. The summed E-state index contributed by atoms with van der Waals surface area (Å²) in [5.41, 5.74) is 0.548. The second-order valence-electron chi connectivity index (χ2n) is 3.39. The highest BCUT2D eigenvalue weighted by molar-refractivity contribution is 5.99. The maximum atomic E-state index is 11.5. The number of amides is 1. The lowest BCUT2D eigenvalue weighted by molar-refractivity contribution is -0.138. The average Bonchev–Trinajstić information content (AvgIpc) is 2.65. The number of carboxylic acids is 1. The lowest BCUT2D eigenvalue weighted by Crippen LogP contribution is -2.38. The standard InChI is InChI=1S/C10H12N2O4/c1-5(10(15)16)12-9(14)8-3-7(4-11-8)6(2)13/h3-5,11H,1-2H3,(H,12,14)(H,15,16)/t5-/m1/s1. The molecule has 86 valence electrons. The SMILES string of the molecule is CC(=O)c1c[nH]c(C(=O)N[C@H](C)C(=O)O)c1. The molecule has 3 N–H and O–H groups in total. The molecule has 0 radical (unpaired) electrons. The van der Waals surface area contributed by atoms with Crippen LogP contribution in [-0.4, -0.2) is 33.8 Å². The highest BCUT2D eigenvalue weighted by Crippen LogP contribution is 2.04. The van der Waals surface area contributed by atoms with Gasteiger partial charge in [0.1, 0.15) is 11.7 Å². The molecule has 0 spiro atoms. The van der Waals surface area contributed by atoms with Crippen LogP contribution in [0.15, 0.2) is 12.3 Å². The predicted molar refractivity (Wildman–Crippen MR) is 55.4 cm³/mol. The van der Waals surface area contributed by atoms with Crippen LogP contribution in [0.3, 0.4) is 0 Å². The smallest absolute Gasteiger partial charge is 0.325 e. The van der Waals surface area contributed by atoms with Crippen LogP contribution in [0.2, 0.25) is 0 Å². The maximum Gasteiger partial charge on any atom is 0.325 e. The zero-order chi connectivity index (χ0) is 12.3. The Morgan fingerprint density at radius 1 is 1.44 bits per heavy atom. The van der Waals surface area contributed by atoms with Crippen LogP contribution in [0.4, 0.5) is 0 Å². The van der Waals surface area contributed by atoms with Gasteiger partial charge < -0.3 is 15.4 Å². The number of H-pyrrole nitrogens is 1. The molecule has 1 atom stereocenters. The van der Waals surface area contributed by atoms with Crippen LogP contribution in [-0.2, 0) is 4.79 Å². The molecule has 0 saturated carbocycles. The van der Waals surface area contributed by atoms with E-state index in [1.54, 1.807) is 0 Å². The number of hydrogen-bond donors (Lipinski definition) is 3. The third kappa shape index (κ3) is 2.69. The number of Topliss-reactive ketones (excluding diaryl/α,β-unsaturated/α-hetero) is 1. The van der Waals surface area contributed by atoms with Gasteiger partial charge in [-0.3, -0.25) is 14.4 Å². The summed E-state index contributed by atoms with van der Waals surface area (Å²) in [4.78, 5) is 35.6. The van der Waals surface area contributed by atoms with Crippen molar-refractivity contribution in [3.63, 3.8) is 0 Å². The third-order valence-electron chi connectivity index (χ3n) is 2.05. The molecule has 1 amide bonds. The molecule has 0 unspecified atom stereocenters. The fourth-order valence-corrected chi connectivity index (χ4v) is 1.06. The summed E-state index contributed by atoms with van der Waals surface area (Å²) in [7, 11) is 0. The van der Waals surface area contributed by atoms with Gasteiger partial charge >= 0.3 is 5.97 Å². The summed E-state index contributed by atoms with van der Waals surface area (Å²) in [6, 6.07) is 0.406. The molecule has 16 heavy (non-hydrogen) atoms. The molecular weight excluding hydrogens is 212 g/mol.